The number of hydrogen-bond acceptors (Lipinski definition) is 7. The van der Waals surface area contributed by atoms with E-state index in [1.165, 1.54) is 24.3 Å². The van der Waals surface area contributed by atoms with Gasteiger partial charge in [0.25, 0.3) is 5.91 Å². The molecule has 0 aliphatic heterocycles. The summed E-state index contributed by atoms with van der Waals surface area (Å²) < 4.78 is 32.8. The first kappa shape index (κ1) is 32.0. The fourth-order valence-corrected chi connectivity index (χ4v) is 5.09. The van der Waals surface area contributed by atoms with Crippen LogP contribution in [0.5, 0.6) is 5.75 Å². The van der Waals surface area contributed by atoms with Crippen LogP contribution < -0.4 is 89.8 Å². The van der Waals surface area contributed by atoms with E-state index in [9.17, 15) is 23.1 Å². The number of nitrogens with two attached hydrogens (primary N) is 1. The first-order valence-electron chi connectivity index (χ1n) is 11.1. The van der Waals surface area contributed by atoms with Gasteiger partial charge in [0.2, 0.25) is 10.0 Å². The summed E-state index contributed by atoms with van der Waals surface area (Å²) in [7, 11) is -4.08. The van der Waals surface area contributed by atoms with Crippen LogP contribution in [0.4, 0.5) is 5.69 Å². The Morgan fingerprint density at radius 3 is 2.26 bits per heavy atom. The molecule has 11 heteroatoms. The van der Waals surface area contributed by atoms with E-state index in [1.807, 2.05) is 19.9 Å². The van der Waals surface area contributed by atoms with Gasteiger partial charge < -0.3 is 25.7 Å². The maximum atomic E-state index is 13.2. The van der Waals surface area contributed by atoms with E-state index in [1.54, 1.807) is 24.3 Å². The number of benzene rings is 2. The van der Waals surface area contributed by atoms with Crippen molar-refractivity contribution in [3.05, 3.63) is 54.6 Å². The van der Waals surface area contributed by atoms with Crippen molar-refractivity contribution in [3.8, 4) is 5.75 Å². The average Bonchev–Trinajstić information content (AvgIpc) is 2.79. The summed E-state index contributed by atoms with van der Waals surface area (Å²) in [6, 6.07) is 13.2. The van der Waals surface area contributed by atoms with Crippen molar-refractivity contribution in [3.63, 3.8) is 0 Å². The van der Waals surface area contributed by atoms with Gasteiger partial charge in [-0.1, -0.05) is 32.0 Å². The van der Waals surface area contributed by atoms with Gasteiger partial charge in [-0.2, -0.15) is 4.31 Å². The van der Waals surface area contributed by atoms with Crippen LogP contribution in [0.15, 0.2) is 59.5 Å². The molecule has 0 unspecified atom stereocenters. The van der Waals surface area contributed by atoms with Crippen LogP contribution in [0.3, 0.4) is 0 Å². The van der Waals surface area contributed by atoms with Gasteiger partial charge in [0.1, 0.15) is 5.75 Å². The van der Waals surface area contributed by atoms with Crippen molar-refractivity contribution in [2.45, 2.75) is 44.0 Å². The van der Waals surface area contributed by atoms with Gasteiger partial charge in [-0.05, 0) is 61.6 Å². The van der Waals surface area contributed by atoms with Crippen LogP contribution in [0.1, 0.15) is 33.1 Å². The SMILES string of the molecule is CC(C)CN([C@@H](CCCCNC(=O)COc1ccccc1)C(=O)[O-])S(=O)(=O)c1ccc(N)cc1.[Cs+]. The number of carboxylic acid groups (broad SMARTS) is 1. The van der Waals surface area contributed by atoms with Gasteiger partial charge in [-0.15, -0.1) is 0 Å². The van der Waals surface area contributed by atoms with Crippen LogP contribution in [0, 0.1) is 5.92 Å². The molecule has 1 amide bonds. The monoisotopic (exact) mass is 623 g/mol. The largest absolute Gasteiger partial charge is 1.00 e. The van der Waals surface area contributed by atoms with Gasteiger partial charge in [-0.25, -0.2) is 8.42 Å². The van der Waals surface area contributed by atoms with Crippen molar-refractivity contribution in [1.29, 1.82) is 0 Å². The number of nitrogen functional groups attached to an aromatic ring is 1. The van der Waals surface area contributed by atoms with Crippen LogP contribution in [-0.2, 0) is 19.6 Å². The third kappa shape index (κ3) is 10.8. The molecule has 0 spiro atoms. The third-order valence-corrected chi connectivity index (χ3v) is 6.88. The van der Waals surface area contributed by atoms with E-state index >= 15 is 0 Å². The maximum absolute atomic E-state index is 13.2. The molecule has 0 saturated heterocycles. The second-order valence-corrected chi connectivity index (χ2v) is 10.2. The number of nitrogens with zero attached hydrogens (tertiary/aromatic N) is 1. The minimum atomic E-state index is -4.08. The van der Waals surface area contributed by atoms with E-state index in [-0.39, 0.29) is 105 Å². The molecule has 2 aromatic carbocycles. The predicted octanol–water partition coefficient (Wildman–Crippen LogP) is -1.60. The van der Waals surface area contributed by atoms with Gasteiger partial charge in [-0.3, -0.25) is 4.79 Å². The zero-order valence-corrected chi connectivity index (χ0v) is 27.6. The number of para-hydroxylation sites is 1. The molecular weight excluding hydrogens is 591 g/mol. The molecule has 3 N–H and O–H groups in total. The van der Waals surface area contributed by atoms with Crippen molar-refractivity contribution in [1.82, 2.24) is 9.62 Å². The first-order valence-corrected chi connectivity index (χ1v) is 12.6. The Morgan fingerprint density at radius 2 is 1.69 bits per heavy atom. The first-order chi connectivity index (χ1) is 16.1. The molecule has 186 valence electrons. The van der Waals surface area contributed by atoms with E-state index in [2.05, 4.69) is 5.32 Å². The molecular formula is C24H32CsN3O6S. The van der Waals surface area contributed by atoms with Crippen LogP contribution in [-0.4, -0.2) is 50.3 Å². The van der Waals surface area contributed by atoms with E-state index in [0.717, 1.165) is 4.31 Å². The standard InChI is InChI=1S/C24H33N3O6S.Cs/c1-18(2)16-27(34(31,32)21-13-11-19(25)12-14-21)22(24(29)30)10-6-7-15-26-23(28)17-33-20-8-4-3-5-9-20;/h3-5,8-9,11-14,18,22H,6-7,10,15-17,25H2,1-2H3,(H,26,28)(H,29,30);/q;+1/p-1/t22-;/m0./s1. The fourth-order valence-electron chi connectivity index (χ4n) is 3.31. The Morgan fingerprint density at radius 1 is 1.06 bits per heavy atom. The van der Waals surface area contributed by atoms with Crippen LogP contribution in [0.25, 0.3) is 0 Å². The molecule has 0 aromatic heterocycles. The number of anilines is 1. The molecule has 0 radical (unpaired) electrons. The predicted molar refractivity (Wildman–Crippen MR) is 127 cm³/mol. The number of nitrogens with one attached hydrogen (secondary N) is 1. The Hall–Kier alpha value is -1.06. The minimum Gasteiger partial charge on any atom is -0.548 e. The molecule has 0 saturated carbocycles. The average molecular weight is 624 g/mol. The Labute approximate surface area is 266 Å². The molecule has 0 aliphatic carbocycles. The van der Waals surface area contributed by atoms with E-state index in [4.69, 9.17) is 10.5 Å². The second kappa shape index (κ2) is 15.9. The number of unbranched alkanes of at least 4 members (excludes halogenated alkanes) is 1. The number of carbonyl (C=O) groups excluding carboxylic acids is 2. The summed E-state index contributed by atoms with van der Waals surface area (Å²) in [6.07, 6.45) is 0.905. The fraction of sp³-hybridized carbons (Fsp3) is 0.417. The summed E-state index contributed by atoms with van der Waals surface area (Å²) in [5.74, 6) is -1.27. The number of rotatable bonds is 14. The molecule has 2 aromatic rings. The normalized spacial score (nSPS) is 12.1. The maximum Gasteiger partial charge on any atom is 1.00 e. The van der Waals surface area contributed by atoms with Crippen molar-refractivity contribution in [2.24, 2.45) is 5.92 Å². The molecule has 9 nitrogen and oxygen atoms in total. The molecule has 1 atom stereocenters. The Bertz CT molecular complexity index is 1030. The second-order valence-electron chi connectivity index (χ2n) is 8.32. The van der Waals surface area contributed by atoms with E-state index < -0.39 is 22.0 Å². The van der Waals surface area contributed by atoms with Crippen molar-refractivity contribution < 1.29 is 96.7 Å². The van der Waals surface area contributed by atoms with Crippen LogP contribution in [0.2, 0.25) is 0 Å². The zero-order chi connectivity index (χ0) is 25.1. The number of carbonyl (C=O) groups is 2. The van der Waals surface area contributed by atoms with Crippen LogP contribution >= 0.6 is 0 Å². The molecule has 2 rings (SSSR count). The summed E-state index contributed by atoms with van der Waals surface area (Å²) >= 11 is 0. The Balaban J connectivity index is 0.00000612. The number of ether oxygens (including phenoxy) is 1. The molecule has 0 bridgehead atoms. The van der Waals surface area contributed by atoms with Gasteiger partial charge in [0.05, 0.1) is 16.9 Å². The molecule has 0 aliphatic rings. The van der Waals surface area contributed by atoms with Gasteiger partial charge >= 0.3 is 68.9 Å². The molecule has 35 heavy (non-hydrogen) atoms. The topological polar surface area (TPSA) is 142 Å². The summed E-state index contributed by atoms with van der Waals surface area (Å²) in [4.78, 5) is 23.8. The minimum absolute atomic E-state index is 0. The molecule has 0 heterocycles. The number of amides is 1. The summed E-state index contributed by atoms with van der Waals surface area (Å²) in [5, 5.41) is 14.6. The number of aliphatic carboxylic acids is 1. The number of carboxylic acids is 1. The quantitative estimate of drug-likeness (QED) is 0.191. The van der Waals surface area contributed by atoms with Gasteiger partial charge in [0, 0.05) is 18.8 Å². The number of sulfonamides is 1. The number of hydrogen-bond donors (Lipinski definition) is 2. The summed E-state index contributed by atoms with van der Waals surface area (Å²) in [5.41, 5.74) is 6.05. The third-order valence-electron chi connectivity index (χ3n) is 4.99. The smallest absolute Gasteiger partial charge is 0.548 e. The van der Waals surface area contributed by atoms with Gasteiger partial charge in [0.15, 0.2) is 6.61 Å². The van der Waals surface area contributed by atoms with Crippen molar-refractivity contribution in [2.75, 3.05) is 25.4 Å². The Kier molecular flexibility index (Phi) is 14.5. The van der Waals surface area contributed by atoms with E-state index in [0.29, 0.717) is 30.8 Å². The molecule has 0 fully saturated rings. The van der Waals surface area contributed by atoms with Crippen molar-refractivity contribution >= 4 is 27.6 Å². The summed E-state index contributed by atoms with van der Waals surface area (Å²) in [6.45, 7) is 3.83. The zero-order valence-electron chi connectivity index (χ0n) is 20.5.